The predicted octanol–water partition coefficient (Wildman–Crippen LogP) is 23.1. The van der Waals surface area contributed by atoms with Crippen molar-refractivity contribution in [2.45, 2.75) is 405 Å². The van der Waals surface area contributed by atoms with Crippen LogP contribution in [0.2, 0.25) is 0 Å². The number of aliphatic hydroxyl groups excluding tert-OH is 2. The molecule has 3 N–H and O–H groups in total. The van der Waals surface area contributed by atoms with Crippen LogP contribution in [0.15, 0.2) is 36.5 Å². The molecular formula is C73H139NO5. The lowest BCUT2D eigenvalue weighted by molar-refractivity contribution is -0.143. The van der Waals surface area contributed by atoms with E-state index in [9.17, 15) is 19.8 Å². The summed E-state index contributed by atoms with van der Waals surface area (Å²) in [6.07, 6.45) is 87.7. The van der Waals surface area contributed by atoms with Crippen molar-refractivity contribution in [3.63, 3.8) is 0 Å². The minimum Gasteiger partial charge on any atom is -0.466 e. The maximum absolute atomic E-state index is 12.5. The van der Waals surface area contributed by atoms with E-state index in [1.807, 2.05) is 0 Å². The predicted molar refractivity (Wildman–Crippen MR) is 347 cm³/mol. The molecule has 0 spiro atoms. The number of carbonyl (C=O) groups is 2. The largest absolute Gasteiger partial charge is 0.466 e. The molecular weight excluding hydrogens is 971 g/mol. The monoisotopic (exact) mass is 1110 g/mol. The Morgan fingerprint density at radius 1 is 0.354 bits per heavy atom. The van der Waals surface area contributed by atoms with Gasteiger partial charge in [0.05, 0.1) is 25.4 Å². The molecule has 0 saturated heterocycles. The molecule has 0 bridgehead atoms. The highest BCUT2D eigenvalue weighted by Gasteiger charge is 2.20. The van der Waals surface area contributed by atoms with Crippen molar-refractivity contribution >= 4 is 11.9 Å². The van der Waals surface area contributed by atoms with Gasteiger partial charge in [-0.05, 0) is 83.5 Å². The van der Waals surface area contributed by atoms with Gasteiger partial charge in [-0.15, -0.1) is 0 Å². The lowest BCUT2D eigenvalue weighted by Gasteiger charge is -2.22. The van der Waals surface area contributed by atoms with E-state index >= 15 is 0 Å². The van der Waals surface area contributed by atoms with Crippen LogP contribution in [0.5, 0.6) is 0 Å². The SMILES string of the molecule is CCCCCCCC/C=C\CCCCCCCCCCCC(=O)OCCCCCCCCCCC/C=C\C/C=C\CCCCCCCCCCCCCCCCCC(=O)NC(CO)C(O)CCCCCCCCCCCCCC. The number of allylic oxidation sites excluding steroid dienone is 6. The van der Waals surface area contributed by atoms with Crippen LogP contribution in [0.25, 0.3) is 0 Å². The molecule has 0 heterocycles. The third-order valence-corrected chi connectivity index (χ3v) is 16.7. The maximum atomic E-state index is 12.5. The smallest absolute Gasteiger partial charge is 0.305 e. The standard InChI is InChI=1S/C73H139NO5/c1-3-5-7-9-11-13-15-17-18-19-33-37-40-43-47-51-55-59-63-67-73(78)79-68-64-60-56-52-48-44-41-38-35-32-30-28-26-24-22-20-21-23-25-27-29-31-34-36-39-42-46-50-54-58-62-66-72(77)74-70(69-75)71(76)65-61-57-53-49-45-16-14-12-10-8-6-4-2/h17-18,22,24,28,30,70-71,75-76H,3-16,19-21,23,25-27,29,31-69H2,1-2H3,(H,74,77)/b18-17-,24-22-,30-28-. The summed E-state index contributed by atoms with van der Waals surface area (Å²) in [5.74, 6) is -0.0201. The second-order valence-corrected chi connectivity index (χ2v) is 24.6. The summed E-state index contributed by atoms with van der Waals surface area (Å²) >= 11 is 0. The Kier molecular flexibility index (Phi) is 66.9. The Balaban J connectivity index is 3.36. The number of ether oxygens (including phenoxy) is 1. The van der Waals surface area contributed by atoms with Gasteiger partial charge in [0, 0.05) is 12.8 Å². The number of rotatable bonds is 67. The molecule has 466 valence electrons. The molecule has 6 heteroatoms. The highest BCUT2D eigenvalue weighted by atomic mass is 16.5. The van der Waals surface area contributed by atoms with Crippen LogP contribution in [0, 0.1) is 0 Å². The van der Waals surface area contributed by atoms with E-state index in [2.05, 4.69) is 55.6 Å². The lowest BCUT2D eigenvalue weighted by atomic mass is 10.0. The summed E-state index contributed by atoms with van der Waals surface area (Å²) in [6, 6.07) is -0.540. The number of aliphatic hydroxyl groups is 2. The van der Waals surface area contributed by atoms with Gasteiger partial charge in [0.15, 0.2) is 0 Å². The first-order valence-corrected chi connectivity index (χ1v) is 35.7. The summed E-state index contributed by atoms with van der Waals surface area (Å²) in [5.41, 5.74) is 0. The van der Waals surface area contributed by atoms with Gasteiger partial charge in [-0.2, -0.15) is 0 Å². The van der Waals surface area contributed by atoms with Crippen LogP contribution in [-0.4, -0.2) is 47.4 Å². The zero-order chi connectivity index (χ0) is 57.1. The summed E-state index contributed by atoms with van der Waals surface area (Å²) in [6.45, 7) is 4.97. The van der Waals surface area contributed by atoms with Gasteiger partial charge in [0.25, 0.3) is 0 Å². The van der Waals surface area contributed by atoms with Crippen LogP contribution >= 0.6 is 0 Å². The number of esters is 1. The fourth-order valence-electron chi connectivity index (χ4n) is 11.2. The average Bonchev–Trinajstić information content (AvgIpc) is 3.45. The third-order valence-electron chi connectivity index (χ3n) is 16.7. The number of amides is 1. The van der Waals surface area contributed by atoms with Crippen molar-refractivity contribution < 1.29 is 24.5 Å². The van der Waals surface area contributed by atoms with E-state index in [1.165, 1.54) is 308 Å². The van der Waals surface area contributed by atoms with E-state index in [0.29, 0.717) is 25.9 Å². The molecule has 0 aromatic rings. The molecule has 0 radical (unpaired) electrons. The van der Waals surface area contributed by atoms with Crippen molar-refractivity contribution in [2.75, 3.05) is 13.2 Å². The van der Waals surface area contributed by atoms with Crippen molar-refractivity contribution in [1.82, 2.24) is 5.32 Å². The summed E-state index contributed by atoms with van der Waals surface area (Å²) in [5, 5.41) is 23.3. The lowest BCUT2D eigenvalue weighted by Crippen LogP contribution is -2.45. The van der Waals surface area contributed by atoms with Gasteiger partial charge in [-0.1, -0.05) is 333 Å². The molecule has 0 aliphatic heterocycles. The van der Waals surface area contributed by atoms with Crippen LogP contribution in [0.4, 0.5) is 0 Å². The minimum atomic E-state index is -0.663. The first kappa shape index (κ1) is 77.1. The molecule has 0 aromatic carbocycles. The number of carbonyl (C=O) groups excluding carboxylic acids is 2. The third kappa shape index (κ3) is 65.1. The Hall–Kier alpha value is -1.92. The average molecular weight is 1110 g/mol. The number of unbranched alkanes of at least 4 members (excludes halogenated alkanes) is 50. The van der Waals surface area contributed by atoms with Gasteiger partial charge in [-0.25, -0.2) is 0 Å². The molecule has 0 aromatic heterocycles. The second kappa shape index (κ2) is 68.6. The Labute approximate surface area is 494 Å². The van der Waals surface area contributed by atoms with Gasteiger partial charge in [-0.3, -0.25) is 9.59 Å². The Morgan fingerprint density at radius 2 is 0.633 bits per heavy atom. The van der Waals surface area contributed by atoms with Crippen molar-refractivity contribution in [1.29, 1.82) is 0 Å². The second-order valence-electron chi connectivity index (χ2n) is 24.6. The minimum absolute atomic E-state index is 0.0132. The van der Waals surface area contributed by atoms with Gasteiger partial charge >= 0.3 is 5.97 Å². The molecule has 2 unspecified atom stereocenters. The van der Waals surface area contributed by atoms with Crippen LogP contribution < -0.4 is 5.32 Å². The molecule has 0 aliphatic rings. The van der Waals surface area contributed by atoms with Crippen LogP contribution in [-0.2, 0) is 14.3 Å². The van der Waals surface area contributed by atoms with Crippen LogP contribution in [0.1, 0.15) is 393 Å². The summed E-state index contributed by atoms with van der Waals surface area (Å²) in [7, 11) is 0. The molecule has 2 atom stereocenters. The first-order valence-electron chi connectivity index (χ1n) is 35.7. The fourth-order valence-corrected chi connectivity index (χ4v) is 11.2. The topological polar surface area (TPSA) is 95.9 Å². The van der Waals surface area contributed by atoms with E-state index in [4.69, 9.17) is 4.74 Å². The summed E-state index contributed by atoms with van der Waals surface area (Å²) < 4.78 is 5.51. The van der Waals surface area contributed by atoms with Gasteiger partial charge in [0.1, 0.15) is 0 Å². The Morgan fingerprint density at radius 3 is 0.975 bits per heavy atom. The van der Waals surface area contributed by atoms with E-state index in [-0.39, 0.29) is 18.5 Å². The number of hydrogen-bond donors (Lipinski definition) is 3. The molecule has 1 amide bonds. The normalized spacial score (nSPS) is 12.7. The molecule has 6 nitrogen and oxygen atoms in total. The quantitative estimate of drug-likeness (QED) is 0.0320. The van der Waals surface area contributed by atoms with E-state index < -0.39 is 12.1 Å². The zero-order valence-corrected chi connectivity index (χ0v) is 53.4. The van der Waals surface area contributed by atoms with Crippen molar-refractivity contribution in [3.05, 3.63) is 36.5 Å². The Bertz CT molecular complexity index is 1280. The van der Waals surface area contributed by atoms with E-state index in [0.717, 1.165) is 51.4 Å². The van der Waals surface area contributed by atoms with Gasteiger partial charge < -0.3 is 20.3 Å². The molecule has 0 aliphatic carbocycles. The molecule has 0 saturated carbocycles. The van der Waals surface area contributed by atoms with Crippen molar-refractivity contribution in [2.24, 2.45) is 0 Å². The maximum Gasteiger partial charge on any atom is 0.305 e. The zero-order valence-electron chi connectivity index (χ0n) is 53.4. The first-order chi connectivity index (χ1) is 39.0. The highest BCUT2D eigenvalue weighted by molar-refractivity contribution is 5.76. The number of hydrogen-bond acceptors (Lipinski definition) is 5. The van der Waals surface area contributed by atoms with E-state index in [1.54, 1.807) is 0 Å². The highest BCUT2D eigenvalue weighted by Crippen LogP contribution is 2.18. The molecule has 0 fully saturated rings. The fraction of sp³-hybridized carbons (Fsp3) is 0.890. The number of nitrogens with one attached hydrogen (secondary N) is 1. The van der Waals surface area contributed by atoms with Crippen LogP contribution in [0.3, 0.4) is 0 Å². The van der Waals surface area contributed by atoms with Crippen molar-refractivity contribution in [3.8, 4) is 0 Å². The molecule has 79 heavy (non-hydrogen) atoms. The van der Waals surface area contributed by atoms with Gasteiger partial charge in [0.2, 0.25) is 5.91 Å². The molecule has 0 rings (SSSR count). The summed E-state index contributed by atoms with van der Waals surface area (Å²) in [4.78, 5) is 24.6.